The summed E-state index contributed by atoms with van der Waals surface area (Å²) in [5.41, 5.74) is 9.49. The number of aryl methyl sites for hydroxylation is 2. The quantitative estimate of drug-likeness (QED) is 0.856. The van der Waals surface area contributed by atoms with Gasteiger partial charge in [0.2, 0.25) is 0 Å². The van der Waals surface area contributed by atoms with Gasteiger partial charge in [0.1, 0.15) is 5.82 Å². The lowest BCUT2D eigenvalue weighted by molar-refractivity contribution is 0.647. The fourth-order valence-electron chi connectivity index (χ4n) is 1.94. The minimum Gasteiger partial charge on any atom is -0.331 e. The molecule has 0 fully saturated rings. The van der Waals surface area contributed by atoms with Crippen LogP contribution in [0.15, 0.2) is 18.2 Å². The zero-order valence-corrected chi connectivity index (χ0v) is 10.2. The summed E-state index contributed by atoms with van der Waals surface area (Å²) in [6, 6.07) is 6.69. The average Bonchev–Trinajstić information content (AvgIpc) is 2.54. The second-order valence-electron chi connectivity index (χ2n) is 4.41. The van der Waals surface area contributed by atoms with Gasteiger partial charge in [0.15, 0.2) is 0 Å². The molecule has 1 heterocycles. The molecule has 1 unspecified atom stereocenters. The zero-order valence-electron chi connectivity index (χ0n) is 10.2. The van der Waals surface area contributed by atoms with Crippen LogP contribution in [0.1, 0.15) is 24.7 Å². The number of nitrogens with two attached hydrogens (primary N) is 1. The lowest BCUT2D eigenvalue weighted by Crippen LogP contribution is -2.21. The molecule has 86 valence electrons. The molecule has 1 aromatic heterocycles. The molecule has 0 aliphatic rings. The van der Waals surface area contributed by atoms with Crippen LogP contribution in [0.4, 0.5) is 0 Å². The third kappa shape index (κ3) is 1.95. The van der Waals surface area contributed by atoms with Crippen LogP contribution >= 0.6 is 0 Å². The largest absolute Gasteiger partial charge is 0.331 e. The van der Waals surface area contributed by atoms with E-state index in [4.69, 9.17) is 5.73 Å². The maximum Gasteiger partial charge on any atom is 0.106 e. The Labute approximate surface area is 96.3 Å². The first-order chi connectivity index (χ1) is 7.61. The van der Waals surface area contributed by atoms with Crippen LogP contribution in [-0.2, 0) is 13.5 Å². The molecule has 0 spiro atoms. The molecule has 0 radical (unpaired) electrons. The first-order valence-corrected chi connectivity index (χ1v) is 5.79. The molecule has 0 aliphatic carbocycles. The molecule has 2 N–H and O–H groups in total. The fraction of sp³-hybridized carbons (Fsp3) is 0.462. The van der Waals surface area contributed by atoms with Gasteiger partial charge in [0.05, 0.1) is 11.0 Å². The maximum atomic E-state index is 5.96. The molecule has 0 bridgehead atoms. The molecule has 3 heteroatoms. The highest BCUT2D eigenvalue weighted by Crippen LogP contribution is 2.17. The van der Waals surface area contributed by atoms with E-state index in [0.29, 0.717) is 0 Å². The van der Waals surface area contributed by atoms with E-state index in [1.54, 1.807) is 0 Å². The molecule has 1 aromatic carbocycles. The Morgan fingerprint density at radius 3 is 2.88 bits per heavy atom. The van der Waals surface area contributed by atoms with Crippen molar-refractivity contribution in [3.8, 4) is 0 Å². The van der Waals surface area contributed by atoms with Crippen LogP contribution in [0.5, 0.6) is 0 Å². The SMILES string of the molecule is CCC(N)Cc1ccc2c(c1)nc(C)n2C. The first kappa shape index (κ1) is 11.1. The van der Waals surface area contributed by atoms with Crippen LogP contribution in [0.3, 0.4) is 0 Å². The van der Waals surface area contributed by atoms with E-state index in [2.05, 4.69) is 34.7 Å². The van der Waals surface area contributed by atoms with Crippen molar-refractivity contribution in [3.63, 3.8) is 0 Å². The zero-order chi connectivity index (χ0) is 11.7. The van der Waals surface area contributed by atoms with Gasteiger partial charge in [-0.25, -0.2) is 4.98 Å². The number of imidazole rings is 1. The number of rotatable bonds is 3. The van der Waals surface area contributed by atoms with Crippen LogP contribution in [-0.4, -0.2) is 15.6 Å². The number of fused-ring (bicyclic) bond motifs is 1. The molecular formula is C13H19N3. The predicted molar refractivity (Wildman–Crippen MR) is 67.4 cm³/mol. The van der Waals surface area contributed by atoms with E-state index in [1.807, 2.05) is 14.0 Å². The Hall–Kier alpha value is -1.35. The second-order valence-corrected chi connectivity index (χ2v) is 4.41. The lowest BCUT2D eigenvalue weighted by atomic mass is 10.0. The predicted octanol–water partition coefficient (Wildman–Crippen LogP) is 2.16. The maximum absolute atomic E-state index is 5.96. The fourth-order valence-corrected chi connectivity index (χ4v) is 1.94. The molecule has 0 saturated carbocycles. The van der Waals surface area contributed by atoms with Crippen LogP contribution in [0.2, 0.25) is 0 Å². The van der Waals surface area contributed by atoms with Gasteiger partial charge in [0, 0.05) is 13.1 Å². The highest BCUT2D eigenvalue weighted by molar-refractivity contribution is 5.76. The summed E-state index contributed by atoms with van der Waals surface area (Å²) in [6.07, 6.45) is 1.95. The van der Waals surface area contributed by atoms with Gasteiger partial charge >= 0.3 is 0 Å². The number of aromatic nitrogens is 2. The topological polar surface area (TPSA) is 43.8 Å². The van der Waals surface area contributed by atoms with Gasteiger partial charge in [0.25, 0.3) is 0 Å². The third-order valence-electron chi connectivity index (χ3n) is 3.19. The number of nitrogens with zero attached hydrogens (tertiary/aromatic N) is 2. The molecule has 0 aliphatic heterocycles. The van der Waals surface area contributed by atoms with E-state index in [-0.39, 0.29) is 6.04 Å². The molecule has 3 nitrogen and oxygen atoms in total. The van der Waals surface area contributed by atoms with Gasteiger partial charge in [-0.2, -0.15) is 0 Å². The highest BCUT2D eigenvalue weighted by Gasteiger charge is 2.06. The van der Waals surface area contributed by atoms with Gasteiger partial charge in [-0.1, -0.05) is 13.0 Å². The summed E-state index contributed by atoms with van der Waals surface area (Å²) in [6.45, 7) is 4.14. The Bertz CT molecular complexity index is 499. The molecule has 16 heavy (non-hydrogen) atoms. The van der Waals surface area contributed by atoms with E-state index >= 15 is 0 Å². The van der Waals surface area contributed by atoms with Crippen LogP contribution < -0.4 is 5.73 Å². The number of hydrogen-bond acceptors (Lipinski definition) is 2. The molecule has 1 atom stereocenters. The van der Waals surface area contributed by atoms with Crippen molar-refractivity contribution in [1.82, 2.24) is 9.55 Å². The minimum absolute atomic E-state index is 0.252. The van der Waals surface area contributed by atoms with E-state index in [9.17, 15) is 0 Å². The van der Waals surface area contributed by atoms with Gasteiger partial charge < -0.3 is 10.3 Å². The van der Waals surface area contributed by atoms with Crippen LogP contribution in [0.25, 0.3) is 11.0 Å². The van der Waals surface area contributed by atoms with Gasteiger partial charge in [-0.05, 0) is 37.5 Å². The van der Waals surface area contributed by atoms with Crippen molar-refractivity contribution in [1.29, 1.82) is 0 Å². The highest BCUT2D eigenvalue weighted by atomic mass is 15.0. The average molecular weight is 217 g/mol. The van der Waals surface area contributed by atoms with Crippen molar-refractivity contribution < 1.29 is 0 Å². The normalized spacial score (nSPS) is 13.2. The third-order valence-corrected chi connectivity index (χ3v) is 3.19. The van der Waals surface area contributed by atoms with E-state index in [0.717, 1.165) is 24.2 Å². The van der Waals surface area contributed by atoms with Gasteiger partial charge in [-0.15, -0.1) is 0 Å². The molecule has 2 aromatic rings. The van der Waals surface area contributed by atoms with Crippen molar-refractivity contribution in [2.45, 2.75) is 32.7 Å². The summed E-state index contributed by atoms with van der Waals surface area (Å²) in [4.78, 5) is 4.53. The summed E-state index contributed by atoms with van der Waals surface area (Å²) < 4.78 is 2.11. The van der Waals surface area contributed by atoms with Crippen molar-refractivity contribution in [2.24, 2.45) is 12.8 Å². The van der Waals surface area contributed by atoms with Crippen molar-refractivity contribution in [3.05, 3.63) is 29.6 Å². The Morgan fingerprint density at radius 2 is 2.19 bits per heavy atom. The van der Waals surface area contributed by atoms with E-state index < -0.39 is 0 Å². The minimum atomic E-state index is 0.252. The summed E-state index contributed by atoms with van der Waals surface area (Å²) in [5.74, 6) is 1.05. The molecular weight excluding hydrogens is 198 g/mol. The smallest absolute Gasteiger partial charge is 0.106 e. The van der Waals surface area contributed by atoms with Crippen LogP contribution in [0, 0.1) is 6.92 Å². The Morgan fingerprint density at radius 1 is 1.44 bits per heavy atom. The standard InChI is InChI=1S/C13H19N3/c1-4-11(14)7-10-5-6-13-12(8-10)15-9(2)16(13)3/h5-6,8,11H,4,7,14H2,1-3H3. The monoisotopic (exact) mass is 217 g/mol. The lowest BCUT2D eigenvalue weighted by Gasteiger charge is -2.08. The number of hydrogen-bond donors (Lipinski definition) is 1. The van der Waals surface area contributed by atoms with Gasteiger partial charge in [-0.3, -0.25) is 0 Å². The number of benzene rings is 1. The molecule has 2 rings (SSSR count). The molecule has 0 amide bonds. The van der Waals surface area contributed by atoms with Crippen molar-refractivity contribution >= 4 is 11.0 Å². The Balaban J connectivity index is 2.37. The summed E-state index contributed by atoms with van der Waals surface area (Å²) in [7, 11) is 2.04. The summed E-state index contributed by atoms with van der Waals surface area (Å²) >= 11 is 0. The Kier molecular flexibility index (Phi) is 2.97. The first-order valence-electron chi connectivity index (χ1n) is 5.79. The van der Waals surface area contributed by atoms with E-state index in [1.165, 1.54) is 11.1 Å². The second kappa shape index (κ2) is 4.26. The summed E-state index contributed by atoms with van der Waals surface area (Å²) in [5, 5.41) is 0. The van der Waals surface area contributed by atoms with Crippen molar-refractivity contribution in [2.75, 3.05) is 0 Å². The molecule has 0 saturated heterocycles.